The fourth-order valence-corrected chi connectivity index (χ4v) is 1.76. The third-order valence-corrected chi connectivity index (χ3v) is 3.07. The molecule has 1 aromatic rings. The third-order valence-electron chi connectivity index (χ3n) is 3.07. The van der Waals surface area contributed by atoms with Crippen LogP contribution in [0.3, 0.4) is 0 Å². The molecule has 0 spiro atoms. The molecule has 1 aliphatic rings. The molecule has 0 bridgehead atoms. The zero-order chi connectivity index (χ0) is 11.2. The van der Waals surface area contributed by atoms with Crippen LogP contribution in [0.25, 0.3) is 0 Å². The lowest BCUT2D eigenvalue weighted by Gasteiger charge is -2.25. The minimum absolute atomic E-state index is 0. The molecule has 1 saturated carbocycles. The number of guanidine groups is 1. The molecule has 0 radical (unpaired) electrons. The van der Waals surface area contributed by atoms with E-state index in [1.54, 1.807) is 0 Å². The van der Waals surface area contributed by atoms with E-state index < -0.39 is 0 Å². The van der Waals surface area contributed by atoms with E-state index in [1.165, 1.54) is 24.8 Å². The van der Waals surface area contributed by atoms with E-state index in [-0.39, 0.29) is 24.0 Å². The molecule has 0 unspecified atom stereocenters. The van der Waals surface area contributed by atoms with Crippen LogP contribution >= 0.6 is 24.0 Å². The maximum atomic E-state index is 5.79. The van der Waals surface area contributed by atoms with Crippen molar-refractivity contribution in [3.63, 3.8) is 0 Å². The minimum Gasteiger partial charge on any atom is -0.370 e. The number of hydrogen-bond acceptors (Lipinski definition) is 1. The van der Waals surface area contributed by atoms with Crippen molar-refractivity contribution < 1.29 is 0 Å². The van der Waals surface area contributed by atoms with Crippen LogP contribution in [0.4, 0.5) is 0 Å². The van der Waals surface area contributed by atoms with E-state index in [0.29, 0.717) is 12.5 Å². The molecule has 17 heavy (non-hydrogen) atoms. The van der Waals surface area contributed by atoms with E-state index in [0.717, 1.165) is 12.5 Å². The number of hydrogen-bond donors (Lipinski definition) is 2. The van der Waals surface area contributed by atoms with Crippen molar-refractivity contribution in [2.45, 2.75) is 25.8 Å². The van der Waals surface area contributed by atoms with Gasteiger partial charge in [0.2, 0.25) is 0 Å². The Morgan fingerprint density at radius 1 is 1.29 bits per heavy atom. The molecule has 1 aromatic carbocycles. The summed E-state index contributed by atoms with van der Waals surface area (Å²) in [6, 6.07) is 10.2. The van der Waals surface area contributed by atoms with Gasteiger partial charge in [-0.05, 0) is 24.3 Å². The summed E-state index contributed by atoms with van der Waals surface area (Å²) in [6.45, 7) is 1.63. The van der Waals surface area contributed by atoms with Gasteiger partial charge in [-0.2, -0.15) is 0 Å². The van der Waals surface area contributed by atoms with Crippen LogP contribution in [-0.2, 0) is 6.54 Å². The number of nitrogens with two attached hydrogens (primary N) is 1. The molecule has 4 heteroatoms. The van der Waals surface area contributed by atoms with Gasteiger partial charge in [0.05, 0.1) is 6.54 Å². The summed E-state index contributed by atoms with van der Waals surface area (Å²) in [5.41, 5.74) is 6.98. The summed E-state index contributed by atoms with van der Waals surface area (Å²) in [4.78, 5) is 4.31. The molecule has 0 heterocycles. The highest BCUT2D eigenvalue weighted by Gasteiger charge is 2.16. The van der Waals surface area contributed by atoms with Gasteiger partial charge in [0.15, 0.2) is 5.96 Å². The van der Waals surface area contributed by atoms with Crippen LogP contribution in [0.2, 0.25) is 0 Å². The highest BCUT2D eigenvalue weighted by molar-refractivity contribution is 14.0. The van der Waals surface area contributed by atoms with Gasteiger partial charge in [0.25, 0.3) is 0 Å². The van der Waals surface area contributed by atoms with Crippen LogP contribution in [0.15, 0.2) is 35.3 Å². The SMILES string of the molecule is I.NC(=NCc1ccccc1)NCC1CCC1. The van der Waals surface area contributed by atoms with Crippen LogP contribution < -0.4 is 11.1 Å². The Labute approximate surface area is 120 Å². The number of rotatable bonds is 4. The predicted molar refractivity (Wildman–Crippen MR) is 82.5 cm³/mol. The van der Waals surface area contributed by atoms with Gasteiger partial charge in [-0.3, -0.25) is 0 Å². The largest absolute Gasteiger partial charge is 0.370 e. The standard InChI is InChI=1S/C13H19N3.HI/c14-13(16-10-12-7-4-8-12)15-9-11-5-2-1-3-6-11;/h1-3,5-6,12H,4,7-10H2,(H3,14,15,16);1H. The molecule has 0 aliphatic heterocycles. The zero-order valence-electron chi connectivity index (χ0n) is 9.93. The number of halogens is 1. The monoisotopic (exact) mass is 345 g/mol. The molecule has 0 amide bonds. The number of aliphatic imine (C=N–C) groups is 1. The second kappa shape index (κ2) is 7.53. The normalized spacial score (nSPS) is 15.9. The molecule has 0 atom stereocenters. The van der Waals surface area contributed by atoms with Crippen molar-refractivity contribution in [1.82, 2.24) is 5.32 Å². The topological polar surface area (TPSA) is 50.4 Å². The van der Waals surface area contributed by atoms with Crippen LogP contribution in [0.1, 0.15) is 24.8 Å². The smallest absolute Gasteiger partial charge is 0.188 e. The van der Waals surface area contributed by atoms with Crippen molar-refractivity contribution in [3.05, 3.63) is 35.9 Å². The van der Waals surface area contributed by atoms with Crippen molar-refractivity contribution in [2.24, 2.45) is 16.6 Å². The van der Waals surface area contributed by atoms with Crippen LogP contribution in [0.5, 0.6) is 0 Å². The van der Waals surface area contributed by atoms with E-state index in [1.807, 2.05) is 18.2 Å². The Balaban J connectivity index is 0.00000144. The van der Waals surface area contributed by atoms with Gasteiger partial charge in [0.1, 0.15) is 0 Å². The molecule has 2 rings (SSSR count). The molecular formula is C13H20IN3. The van der Waals surface area contributed by atoms with Crippen molar-refractivity contribution in [3.8, 4) is 0 Å². The van der Waals surface area contributed by atoms with E-state index in [9.17, 15) is 0 Å². The summed E-state index contributed by atoms with van der Waals surface area (Å²) in [5.74, 6) is 1.38. The maximum Gasteiger partial charge on any atom is 0.188 e. The Hall–Kier alpha value is -0.780. The van der Waals surface area contributed by atoms with Gasteiger partial charge >= 0.3 is 0 Å². The first-order chi connectivity index (χ1) is 7.84. The number of nitrogens with zero attached hydrogens (tertiary/aromatic N) is 1. The van der Waals surface area contributed by atoms with Gasteiger partial charge in [-0.15, -0.1) is 24.0 Å². The van der Waals surface area contributed by atoms with Crippen molar-refractivity contribution in [2.75, 3.05) is 6.54 Å². The first-order valence-corrected chi connectivity index (χ1v) is 5.92. The lowest BCUT2D eigenvalue weighted by molar-refractivity contribution is 0.315. The second-order valence-corrected chi connectivity index (χ2v) is 4.36. The zero-order valence-corrected chi connectivity index (χ0v) is 12.3. The Morgan fingerprint density at radius 2 is 2.00 bits per heavy atom. The Morgan fingerprint density at radius 3 is 2.59 bits per heavy atom. The molecule has 3 N–H and O–H groups in total. The third kappa shape index (κ3) is 4.93. The summed E-state index contributed by atoms with van der Waals surface area (Å²) < 4.78 is 0. The highest BCUT2D eigenvalue weighted by atomic mass is 127. The molecule has 0 saturated heterocycles. The number of benzene rings is 1. The quantitative estimate of drug-likeness (QED) is 0.501. The summed E-state index contributed by atoms with van der Waals surface area (Å²) in [7, 11) is 0. The number of nitrogens with one attached hydrogen (secondary N) is 1. The minimum atomic E-state index is 0. The molecule has 1 aliphatic carbocycles. The van der Waals surface area contributed by atoms with Gasteiger partial charge < -0.3 is 11.1 Å². The highest BCUT2D eigenvalue weighted by Crippen LogP contribution is 2.24. The first kappa shape index (κ1) is 14.3. The fraction of sp³-hybridized carbons (Fsp3) is 0.462. The predicted octanol–water partition coefficient (Wildman–Crippen LogP) is 2.51. The summed E-state index contributed by atoms with van der Waals surface area (Å²) in [6.07, 6.45) is 4.03. The molecular weight excluding hydrogens is 325 g/mol. The molecule has 1 fully saturated rings. The van der Waals surface area contributed by atoms with Gasteiger partial charge in [-0.25, -0.2) is 4.99 Å². The molecule has 94 valence electrons. The average Bonchev–Trinajstić information content (AvgIpc) is 2.26. The first-order valence-electron chi connectivity index (χ1n) is 5.92. The second-order valence-electron chi connectivity index (χ2n) is 4.36. The van der Waals surface area contributed by atoms with E-state index in [4.69, 9.17) is 5.73 Å². The van der Waals surface area contributed by atoms with Gasteiger partial charge in [0, 0.05) is 6.54 Å². The Bertz CT molecular complexity index is 347. The average molecular weight is 345 g/mol. The summed E-state index contributed by atoms with van der Waals surface area (Å²) >= 11 is 0. The lowest BCUT2D eigenvalue weighted by Crippen LogP contribution is -2.37. The van der Waals surface area contributed by atoms with Gasteiger partial charge in [-0.1, -0.05) is 36.8 Å². The van der Waals surface area contributed by atoms with Crippen LogP contribution in [-0.4, -0.2) is 12.5 Å². The fourth-order valence-electron chi connectivity index (χ4n) is 1.76. The molecule has 3 nitrogen and oxygen atoms in total. The Kier molecular flexibility index (Phi) is 6.32. The maximum absolute atomic E-state index is 5.79. The van der Waals surface area contributed by atoms with Crippen molar-refractivity contribution >= 4 is 29.9 Å². The molecule has 0 aromatic heterocycles. The van der Waals surface area contributed by atoms with E-state index >= 15 is 0 Å². The van der Waals surface area contributed by atoms with E-state index in [2.05, 4.69) is 22.4 Å². The van der Waals surface area contributed by atoms with Crippen molar-refractivity contribution in [1.29, 1.82) is 0 Å². The summed E-state index contributed by atoms with van der Waals surface area (Å²) in [5, 5.41) is 3.18. The van der Waals surface area contributed by atoms with Crippen LogP contribution in [0, 0.1) is 5.92 Å². The lowest BCUT2D eigenvalue weighted by atomic mass is 9.85.